The van der Waals surface area contributed by atoms with Gasteiger partial charge in [-0.3, -0.25) is 0 Å². The molecule has 0 aliphatic heterocycles. The summed E-state index contributed by atoms with van der Waals surface area (Å²) < 4.78 is 20.8. The van der Waals surface area contributed by atoms with Gasteiger partial charge in [-0.1, -0.05) is 47.6 Å². The predicted octanol–water partition coefficient (Wildman–Crippen LogP) is 9.16. The first-order valence-corrected chi connectivity index (χ1v) is 17.8. The molecular formula is C25H39IO3Si2. The molecule has 0 saturated heterocycles. The van der Waals surface area contributed by atoms with E-state index < -0.39 is 16.6 Å². The topological polar surface area (TPSA) is 27.7 Å². The Morgan fingerprint density at radius 2 is 1.19 bits per heavy atom. The molecule has 2 rings (SSSR count). The monoisotopic (exact) mass is 570 g/mol. The van der Waals surface area contributed by atoms with E-state index in [0.717, 1.165) is 26.6 Å². The van der Waals surface area contributed by atoms with Gasteiger partial charge < -0.3 is 13.6 Å². The van der Waals surface area contributed by atoms with E-state index in [0.29, 0.717) is 0 Å². The fraction of sp³-hybridized carbons (Fsp3) is 0.520. The minimum Gasteiger partial charge on any atom is -0.541 e. The highest BCUT2D eigenvalue weighted by molar-refractivity contribution is 14.1. The summed E-state index contributed by atoms with van der Waals surface area (Å²) in [6.45, 7) is 24.7. The molecular weight excluding hydrogens is 531 g/mol. The molecule has 0 heterocycles. The Balaban J connectivity index is 2.49. The first kappa shape index (κ1) is 26.3. The first-order valence-electron chi connectivity index (χ1n) is 10.9. The summed E-state index contributed by atoms with van der Waals surface area (Å²) in [7, 11) is -4.07. The van der Waals surface area contributed by atoms with Crippen molar-refractivity contribution in [3.05, 3.63) is 45.5 Å². The molecule has 0 radical (unpaired) electrons. The molecule has 0 spiro atoms. The lowest BCUT2D eigenvalue weighted by molar-refractivity contribution is 0.431. The average Bonchev–Trinajstić information content (AvgIpc) is 2.58. The zero-order valence-electron chi connectivity index (χ0n) is 21.1. The third-order valence-corrected chi connectivity index (χ3v) is 16.1. The number of aryl methyl sites for hydroxylation is 1. The highest BCUT2D eigenvalue weighted by Gasteiger charge is 2.42. The third kappa shape index (κ3) is 6.51. The van der Waals surface area contributed by atoms with E-state index in [2.05, 4.69) is 115 Å². The normalized spacial score (nSPS) is 13.2. The zero-order valence-corrected chi connectivity index (χ0v) is 25.2. The van der Waals surface area contributed by atoms with Crippen molar-refractivity contribution in [3.63, 3.8) is 0 Å². The van der Waals surface area contributed by atoms with Crippen LogP contribution < -0.4 is 13.6 Å². The van der Waals surface area contributed by atoms with Crippen molar-refractivity contribution in [1.82, 2.24) is 0 Å². The summed E-state index contributed by atoms with van der Waals surface area (Å²) in [6.07, 6.45) is 0. The second kappa shape index (κ2) is 9.10. The highest BCUT2D eigenvalue weighted by atomic mass is 127. The number of halogens is 1. The van der Waals surface area contributed by atoms with Gasteiger partial charge in [-0.2, -0.15) is 0 Å². The quantitative estimate of drug-likeness (QED) is 0.256. The van der Waals surface area contributed by atoms with E-state index in [4.69, 9.17) is 13.6 Å². The van der Waals surface area contributed by atoms with Gasteiger partial charge in [0.05, 0.1) is 3.57 Å². The lowest BCUT2D eigenvalue weighted by atomic mass is 10.2. The molecule has 0 unspecified atom stereocenters. The van der Waals surface area contributed by atoms with Crippen molar-refractivity contribution < 1.29 is 13.6 Å². The summed E-state index contributed by atoms with van der Waals surface area (Å²) >= 11 is 2.31. The van der Waals surface area contributed by atoms with Crippen LogP contribution in [0.15, 0.2) is 36.4 Å². The Hall–Kier alpha value is -0.996. The van der Waals surface area contributed by atoms with Gasteiger partial charge in [-0.25, -0.2) is 0 Å². The van der Waals surface area contributed by atoms with Crippen molar-refractivity contribution in [2.75, 3.05) is 0 Å². The first-order chi connectivity index (χ1) is 13.9. The molecule has 0 aliphatic rings. The van der Waals surface area contributed by atoms with Gasteiger partial charge in [-0.05, 0) is 95.6 Å². The van der Waals surface area contributed by atoms with Crippen molar-refractivity contribution in [2.45, 2.75) is 84.7 Å². The Labute approximate surface area is 205 Å². The molecule has 0 aromatic heterocycles. The Morgan fingerprint density at radius 3 is 1.71 bits per heavy atom. The van der Waals surface area contributed by atoms with E-state index in [1.807, 2.05) is 18.2 Å². The largest absolute Gasteiger partial charge is 0.541 e. The molecule has 0 aliphatic carbocycles. The molecule has 0 atom stereocenters. The summed E-state index contributed by atoms with van der Waals surface area (Å²) in [6, 6.07) is 12.2. The molecule has 31 heavy (non-hydrogen) atoms. The molecule has 172 valence electrons. The molecule has 0 saturated carbocycles. The molecule has 0 bridgehead atoms. The number of benzene rings is 2. The van der Waals surface area contributed by atoms with Crippen LogP contribution in [0.4, 0.5) is 0 Å². The van der Waals surface area contributed by atoms with Gasteiger partial charge in [0.25, 0.3) is 16.6 Å². The molecule has 2 aromatic rings. The maximum atomic E-state index is 6.74. The van der Waals surface area contributed by atoms with Gasteiger partial charge in [0.1, 0.15) is 23.0 Å². The molecule has 2 aromatic carbocycles. The molecule has 0 fully saturated rings. The second-order valence-corrected chi connectivity index (χ2v) is 22.0. The van der Waals surface area contributed by atoms with Crippen LogP contribution in [-0.4, -0.2) is 16.6 Å². The molecule has 6 heteroatoms. The van der Waals surface area contributed by atoms with Crippen LogP contribution in [0.2, 0.25) is 36.3 Å². The van der Waals surface area contributed by atoms with Crippen LogP contribution in [0.25, 0.3) is 0 Å². The Bertz CT molecular complexity index is 925. The highest BCUT2D eigenvalue weighted by Crippen LogP contribution is 2.45. The smallest absolute Gasteiger partial charge is 0.250 e. The summed E-state index contributed by atoms with van der Waals surface area (Å²) in [5.41, 5.74) is 1.17. The maximum Gasteiger partial charge on any atom is 0.250 e. The van der Waals surface area contributed by atoms with Gasteiger partial charge in [0, 0.05) is 6.07 Å². The van der Waals surface area contributed by atoms with Gasteiger partial charge in [0.15, 0.2) is 0 Å². The van der Waals surface area contributed by atoms with Crippen molar-refractivity contribution in [1.29, 1.82) is 0 Å². The SMILES string of the molecule is Cc1ccc(I)c(Oc2ccc(O[Si](C)(C)C(C)(C)C)c(O[Si](C)(C)C(C)(C)C)c2)c1. The maximum absolute atomic E-state index is 6.74. The molecule has 0 N–H and O–H groups in total. The van der Waals surface area contributed by atoms with Crippen LogP contribution in [0.1, 0.15) is 47.1 Å². The van der Waals surface area contributed by atoms with Gasteiger partial charge >= 0.3 is 0 Å². The van der Waals surface area contributed by atoms with E-state index in [-0.39, 0.29) is 10.1 Å². The zero-order chi connectivity index (χ0) is 23.8. The van der Waals surface area contributed by atoms with Crippen LogP contribution in [0.3, 0.4) is 0 Å². The van der Waals surface area contributed by atoms with Crippen LogP contribution in [0, 0.1) is 10.5 Å². The summed E-state index contributed by atoms with van der Waals surface area (Å²) in [5.74, 6) is 3.23. The minimum atomic E-state index is -2.05. The van der Waals surface area contributed by atoms with Crippen molar-refractivity contribution in [3.8, 4) is 23.0 Å². The molecule has 0 amide bonds. The number of ether oxygens (including phenoxy) is 1. The van der Waals surface area contributed by atoms with Gasteiger partial charge in [0.2, 0.25) is 0 Å². The predicted molar refractivity (Wildman–Crippen MR) is 146 cm³/mol. The van der Waals surface area contributed by atoms with Crippen LogP contribution >= 0.6 is 22.6 Å². The Morgan fingerprint density at radius 1 is 0.677 bits per heavy atom. The van der Waals surface area contributed by atoms with Crippen molar-refractivity contribution >= 4 is 39.2 Å². The Kier molecular flexibility index (Phi) is 7.71. The van der Waals surface area contributed by atoms with Crippen LogP contribution in [0.5, 0.6) is 23.0 Å². The number of hydrogen-bond acceptors (Lipinski definition) is 3. The second-order valence-electron chi connectivity index (χ2n) is 11.4. The lowest BCUT2D eigenvalue weighted by Gasteiger charge is -2.39. The number of rotatable bonds is 6. The van der Waals surface area contributed by atoms with E-state index in [1.54, 1.807) is 0 Å². The third-order valence-electron chi connectivity index (χ3n) is 6.57. The summed E-state index contributed by atoms with van der Waals surface area (Å²) in [5, 5.41) is 0.193. The van der Waals surface area contributed by atoms with E-state index in [1.165, 1.54) is 5.56 Å². The van der Waals surface area contributed by atoms with Crippen LogP contribution in [-0.2, 0) is 0 Å². The van der Waals surface area contributed by atoms with Gasteiger partial charge in [-0.15, -0.1) is 0 Å². The van der Waals surface area contributed by atoms with E-state index in [9.17, 15) is 0 Å². The molecule has 3 nitrogen and oxygen atoms in total. The number of hydrogen-bond donors (Lipinski definition) is 0. The van der Waals surface area contributed by atoms with E-state index >= 15 is 0 Å². The summed E-state index contributed by atoms with van der Waals surface area (Å²) in [4.78, 5) is 0. The standard InChI is InChI=1S/C25H39IO3Si2/c1-18-12-14-20(26)22(16-18)27-19-13-15-21(28-30(8,9)24(2,3)4)23(17-19)29-31(10,11)25(5,6)7/h12-17H,1-11H3. The average molecular weight is 571 g/mol. The van der Waals surface area contributed by atoms with Crippen molar-refractivity contribution in [2.24, 2.45) is 0 Å². The minimum absolute atomic E-state index is 0.0873. The lowest BCUT2D eigenvalue weighted by Crippen LogP contribution is -2.45. The fourth-order valence-corrected chi connectivity index (χ4v) is 4.87. The fourth-order valence-electron chi connectivity index (χ4n) is 2.39.